The Morgan fingerprint density at radius 1 is 1.14 bits per heavy atom. The van der Waals surface area contributed by atoms with Crippen molar-refractivity contribution in [1.82, 2.24) is 9.80 Å². The lowest BCUT2D eigenvalue weighted by molar-refractivity contribution is -0.137. The highest BCUT2D eigenvalue weighted by Crippen LogP contribution is 2.36. The maximum Gasteiger partial charge on any atom is 0.417 e. The van der Waals surface area contributed by atoms with Crippen LogP contribution < -0.4 is 5.32 Å². The second-order valence-corrected chi connectivity index (χ2v) is 7.08. The zero-order chi connectivity index (χ0) is 21.8. The van der Waals surface area contributed by atoms with Gasteiger partial charge < -0.3 is 14.6 Å². The fourth-order valence-corrected chi connectivity index (χ4v) is 2.79. The summed E-state index contributed by atoms with van der Waals surface area (Å²) in [5, 5.41) is 1.93. The van der Waals surface area contributed by atoms with Gasteiger partial charge in [-0.2, -0.15) is 13.2 Å². The van der Waals surface area contributed by atoms with Gasteiger partial charge in [-0.05, 0) is 44.3 Å². The predicted molar refractivity (Wildman–Crippen MR) is 102 cm³/mol. The van der Waals surface area contributed by atoms with Crippen LogP contribution in [0.3, 0.4) is 0 Å². The number of benzene rings is 1. The molecule has 0 saturated heterocycles. The molecule has 10 heteroatoms. The molecule has 2 rings (SSSR count). The van der Waals surface area contributed by atoms with Crippen molar-refractivity contribution in [2.45, 2.75) is 19.6 Å². The van der Waals surface area contributed by atoms with Gasteiger partial charge in [0.2, 0.25) is 11.8 Å². The summed E-state index contributed by atoms with van der Waals surface area (Å²) < 4.78 is 44.1. The van der Waals surface area contributed by atoms with E-state index in [0.717, 1.165) is 17.9 Å². The van der Waals surface area contributed by atoms with Crippen molar-refractivity contribution in [3.63, 3.8) is 0 Å². The van der Waals surface area contributed by atoms with Crippen LogP contribution in [0.4, 0.5) is 18.9 Å². The Labute approximate surface area is 171 Å². The topological polar surface area (TPSA) is 65.8 Å². The summed E-state index contributed by atoms with van der Waals surface area (Å²) in [7, 11) is 3.17. The number of carbonyl (C=O) groups excluding carboxylic acids is 2. The molecule has 2 aromatic rings. The van der Waals surface area contributed by atoms with E-state index in [1.807, 2.05) is 0 Å². The molecule has 158 valence electrons. The largest absolute Gasteiger partial charge is 0.464 e. The second kappa shape index (κ2) is 9.32. The minimum absolute atomic E-state index is 0.0308. The summed E-state index contributed by atoms with van der Waals surface area (Å²) in [6.45, 7) is 1.87. The number of amides is 2. The van der Waals surface area contributed by atoms with E-state index in [0.29, 0.717) is 5.76 Å². The van der Waals surface area contributed by atoms with Crippen LogP contribution in [0.1, 0.15) is 17.1 Å². The average Bonchev–Trinajstić information content (AvgIpc) is 3.00. The van der Waals surface area contributed by atoms with E-state index in [2.05, 4.69) is 5.32 Å². The van der Waals surface area contributed by atoms with E-state index < -0.39 is 22.7 Å². The predicted octanol–water partition coefficient (Wildman–Crippen LogP) is 3.79. The highest BCUT2D eigenvalue weighted by molar-refractivity contribution is 6.31. The van der Waals surface area contributed by atoms with Crippen LogP contribution in [0, 0.1) is 6.92 Å². The van der Waals surface area contributed by atoms with Crippen molar-refractivity contribution in [3.8, 4) is 0 Å². The molecule has 0 atom stereocenters. The van der Waals surface area contributed by atoms with E-state index in [1.54, 1.807) is 33.2 Å². The molecule has 29 heavy (non-hydrogen) atoms. The van der Waals surface area contributed by atoms with Crippen LogP contribution in [0.25, 0.3) is 0 Å². The fraction of sp³-hybridized carbons (Fsp3) is 0.368. The van der Waals surface area contributed by atoms with Crippen LogP contribution in [0.2, 0.25) is 5.02 Å². The van der Waals surface area contributed by atoms with Gasteiger partial charge in [0, 0.05) is 12.7 Å². The van der Waals surface area contributed by atoms with Gasteiger partial charge in [0.15, 0.2) is 0 Å². The smallest absolute Gasteiger partial charge is 0.417 e. The molecule has 0 spiro atoms. The van der Waals surface area contributed by atoms with E-state index in [-0.39, 0.29) is 31.2 Å². The molecule has 2 amide bonds. The lowest BCUT2D eigenvalue weighted by atomic mass is 10.2. The van der Waals surface area contributed by atoms with Gasteiger partial charge in [0.1, 0.15) is 11.5 Å². The van der Waals surface area contributed by atoms with Crippen molar-refractivity contribution in [2.24, 2.45) is 0 Å². The highest BCUT2D eigenvalue weighted by atomic mass is 35.5. The Balaban J connectivity index is 1.88. The maximum atomic E-state index is 12.9. The van der Waals surface area contributed by atoms with Gasteiger partial charge in [-0.1, -0.05) is 11.6 Å². The number of anilines is 1. The Hall–Kier alpha value is -2.52. The summed E-state index contributed by atoms with van der Waals surface area (Å²) in [6.07, 6.45) is -4.63. The van der Waals surface area contributed by atoms with Crippen LogP contribution in [0.5, 0.6) is 0 Å². The highest BCUT2D eigenvalue weighted by Gasteiger charge is 2.33. The molecule has 6 nitrogen and oxygen atoms in total. The number of hydrogen-bond donors (Lipinski definition) is 1. The molecule has 0 bridgehead atoms. The van der Waals surface area contributed by atoms with Crippen molar-refractivity contribution in [3.05, 3.63) is 52.4 Å². The number of likely N-dealkylation sites (N-methyl/N-ethyl adjacent to an activating group) is 2. The van der Waals surface area contributed by atoms with Crippen molar-refractivity contribution in [2.75, 3.05) is 32.5 Å². The molecule has 1 aromatic carbocycles. The molecule has 0 aliphatic heterocycles. The van der Waals surface area contributed by atoms with Gasteiger partial charge in [0.05, 0.1) is 30.2 Å². The number of furan rings is 1. The molecule has 0 saturated carbocycles. The molecule has 0 radical (unpaired) electrons. The average molecular weight is 432 g/mol. The Morgan fingerprint density at radius 2 is 1.83 bits per heavy atom. The van der Waals surface area contributed by atoms with Gasteiger partial charge >= 0.3 is 6.18 Å². The first-order valence-electron chi connectivity index (χ1n) is 8.60. The molecule has 0 fully saturated rings. The SMILES string of the molecule is Cc1ccc(CN(C)C(=O)CN(C)CC(=O)Nc2ccc(Cl)c(C(F)(F)F)c2)o1. The first-order chi connectivity index (χ1) is 13.5. The molecule has 1 aromatic heterocycles. The van der Waals surface area contributed by atoms with E-state index in [4.69, 9.17) is 16.0 Å². The van der Waals surface area contributed by atoms with E-state index >= 15 is 0 Å². The molecular formula is C19H21ClF3N3O3. The number of nitrogens with zero attached hydrogens (tertiary/aromatic N) is 2. The molecule has 1 heterocycles. The molecule has 0 unspecified atom stereocenters. The molecule has 0 aliphatic carbocycles. The summed E-state index contributed by atoms with van der Waals surface area (Å²) >= 11 is 5.56. The first kappa shape index (κ1) is 22.8. The van der Waals surface area contributed by atoms with Gasteiger partial charge in [-0.25, -0.2) is 0 Å². The van der Waals surface area contributed by atoms with E-state index in [9.17, 15) is 22.8 Å². The number of rotatable bonds is 7. The summed E-state index contributed by atoms with van der Waals surface area (Å²) in [5.74, 6) is 0.590. The number of aryl methyl sites for hydroxylation is 1. The van der Waals surface area contributed by atoms with Crippen LogP contribution in [-0.2, 0) is 22.3 Å². The van der Waals surface area contributed by atoms with Gasteiger partial charge in [0.25, 0.3) is 0 Å². The normalized spacial score (nSPS) is 11.6. The quantitative estimate of drug-likeness (QED) is 0.724. The summed E-state index contributed by atoms with van der Waals surface area (Å²) in [4.78, 5) is 27.3. The lowest BCUT2D eigenvalue weighted by Crippen LogP contribution is -2.39. The maximum absolute atomic E-state index is 12.9. The minimum Gasteiger partial charge on any atom is -0.464 e. The first-order valence-corrected chi connectivity index (χ1v) is 8.98. The standard InChI is InChI=1S/C19H21ClF3N3O3/c1-12-4-6-14(29-12)9-26(3)18(28)11-25(2)10-17(27)24-13-5-7-16(20)15(8-13)19(21,22)23/h4-8H,9-11H2,1-3H3,(H,24,27). The molecule has 1 N–H and O–H groups in total. The third kappa shape index (κ3) is 6.79. The minimum atomic E-state index is -4.63. The number of halogens is 4. The zero-order valence-corrected chi connectivity index (χ0v) is 16.9. The fourth-order valence-electron chi connectivity index (χ4n) is 2.57. The second-order valence-electron chi connectivity index (χ2n) is 6.68. The van der Waals surface area contributed by atoms with Gasteiger partial charge in [-0.15, -0.1) is 0 Å². The number of hydrogen-bond acceptors (Lipinski definition) is 4. The van der Waals surface area contributed by atoms with Crippen molar-refractivity contribution >= 4 is 29.1 Å². The van der Waals surface area contributed by atoms with Gasteiger partial charge in [-0.3, -0.25) is 14.5 Å². The Kier molecular flexibility index (Phi) is 7.32. The molecular weight excluding hydrogens is 411 g/mol. The number of nitrogens with one attached hydrogen (secondary N) is 1. The number of alkyl halides is 3. The van der Waals surface area contributed by atoms with Crippen molar-refractivity contribution < 1.29 is 27.2 Å². The van der Waals surface area contributed by atoms with Crippen LogP contribution >= 0.6 is 11.6 Å². The zero-order valence-electron chi connectivity index (χ0n) is 16.1. The summed E-state index contributed by atoms with van der Waals surface area (Å²) in [6, 6.07) is 6.69. The molecule has 0 aliphatic rings. The van der Waals surface area contributed by atoms with Crippen LogP contribution in [-0.4, -0.2) is 48.8 Å². The lowest BCUT2D eigenvalue weighted by Gasteiger charge is -2.21. The van der Waals surface area contributed by atoms with E-state index in [1.165, 1.54) is 15.9 Å². The third-order valence-corrected chi connectivity index (χ3v) is 4.32. The Bertz CT molecular complexity index is 883. The third-order valence-electron chi connectivity index (χ3n) is 3.99. The Morgan fingerprint density at radius 3 is 2.41 bits per heavy atom. The van der Waals surface area contributed by atoms with Crippen molar-refractivity contribution in [1.29, 1.82) is 0 Å². The summed E-state index contributed by atoms with van der Waals surface area (Å²) in [5.41, 5.74) is -1.06. The van der Waals surface area contributed by atoms with Crippen LogP contribution in [0.15, 0.2) is 34.7 Å². The number of carbonyl (C=O) groups is 2. The monoisotopic (exact) mass is 431 g/mol.